The molecule has 1 saturated carbocycles. The first-order valence-corrected chi connectivity index (χ1v) is 8.46. The van der Waals surface area contributed by atoms with Crippen molar-refractivity contribution in [3.8, 4) is 0 Å². The fourth-order valence-electron chi connectivity index (χ4n) is 3.21. The van der Waals surface area contributed by atoms with Gasteiger partial charge in [0.2, 0.25) is 0 Å². The van der Waals surface area contributed by atoms with Gasteiger partial charge in [-0.1, -0.05) is 12.8 Å². The topological polar surface area (TPSA) is 63.6 Å². The van der Waals surface area contributed by atoms with E-state index >= 15 is 0 Å². The second-order valence-electron chi connectivity index (χ2n) is 5.65. The average molecular weight is 262 g/mol. The number of aliphatic hydroxyl groups excluding tert-OH is 1. The summed E-state index contributed by atoms with van der Waals surface area (Å²) < 4.78 is 28.3. The maximum atomic E-state index is 11.2. The monoisotopic (exact) mass is 262 g/mol. The van der Waals surface area contributed by atoms with Gasteiger partial charge in [0.1, 0.15) is 9.84 Å². The van der Waals surface area contributed by atoms with Crippen molar-refractivity contribution in [2.45, 2.75) is 50.2 Å². The highest BCUT2D eigenvalue weighted by Crippen LogP contribution is 2.42. The first kappa shape index (κ1) is 13.3. The molecule has 5 heteroatoms. The molecule has 2 atom stereocenters. The summed E-state index contributed by atoms with van der Waals surface area (Å²) in [6.07, 6.45) is 6.56. The Bertz CT molecular complexity index is 357. The van der Waals surface area contributed by atoms with E-state index in [2.05, 4.69) is 0 Å². The predicted octanol–water partition coefficient (Wildman–Crippen LogP) is 1.13. The molecule has 0 aromatic heterocycles. The standard InChI is InChI=1S/C12H22O4S/c1-17(14,15)9-11(13)10-4-7-16-12(8-10)5-2-3-6-12/h10-11,13H,2-9H2,1H3. The van der Waals surface area contributed by atoms with Crippen LogP contribution in [0.3, 0.4) is 0 Å². The minimum Gasteiger partial charge on any atom is -0.392 e. The Morgan fingerprint density at radius 2 is 2.06 bits per heavy atom. The Labute approximate surface area is 103 Å². The number of hydrogen-bond donors (Lipinski definition) is 1. The lowest BCUT2D eigenvalue weighted by Gasteiger charge is -2.39. The van der Waals surface area contributed by atoms with E-state index in [0.29, 0.717) is 6.61 Å². The van der Waals surface area contributed by atoms with Crippen LogP contribution in [0, 0.1) is 5.92 Å². The van der Waals surface area contributed by atoms with Gasteiger partial charge in [0.15, 0.2) is 0 Å². The van der Waals surface area contributed by atoms with Gasteiger partial charge in [0.05, 0.1) is 17.5 Å². The number of ether oxygens (including phenoxy) is 1. The van der Waals surface area contributed by atoms with Crippen LogP contribution >= 0.6 is 0 Å². The first-order chi connectivity index (χ1) is 7.90. The van der Waals surface area contributed by atoms with Crippen LogP contribution in [-0.4, -0.2) is 43.8 Å². The van der Waals surface area contributed by atoms with E-state index < -0.39 is 15.9 Å². The van der Waals surface area contributed by atoms with E-state index in [-0.39, 0.29) is 17.3 Å². The van der Waals surface area contributed by atoms with Gasteiger partial charge in [-0.2, -0.15) is 0 Å². The van der Waals surface area contributed by atoms with Crippen LogP contribution in [0.2, 0.25) is 0 Å². The molecule has 1 spiro atoms. The van der Waals surface area contributed by atoms with Crippen LogP contribution in [0.1, 0.15) is 38.5 Å². The number of hydrogen-bond acceptors (Lipinski definition) is 4. The van der Waals surface area contributed by atoms with E-state index in [1.54, 1.807) is 0 Å². The maximum Gasteiger partial charge on any atom is 0.150 e. The molecule has 1 N–H and O–H groups in total. The molecule has 0 amide bonds. The Morgan fingerprint density at radius 3 is 2.65 bits per heavy atom. The second kappa shape index (κ2) is 4.86. The molecule has 17 heavy (non-hydrogen) atoms. The zero-order valence-electron chi connectivity index (χ0n) is 10.4. The van der Waals surface area contributed by atoms with Gasteiger partial charge in [-0.25, -0.2) is 8.42 Å². The third kappa shape index (κ3) is 3.42. The van der Waals surface area contributed by atoms with Gasteiger partial charge < -0.3 is 9.84 Å². The molecule has 1 heterocycles. The zero-order chi connectivity index (χ0) is 12.5. The summed E-state index contributed by atoms with van der Waals surface area (Å²) >= 11 is 0. The fourth-order valence-corrected chi connectivity index (χ4v) is 4.10. The molecule has 0 radical (unpaired) electrons. The van der Waals surface area contributed by atoms with Crippen LogP contribution in [0.5, 0.6) is 0 Å². The summed E-state index contributed by atoms with van der Waals surface area (Å²) in [5.41, 5.74) is -0.0542. The molecule has 0 aromatic carbocycles. The summed E-state index contributed by atoms with van der Waals surface area (Å²) in [5, 5.41) is 10.0. The largest absolute Gasteiger partial charge is 0.392 e. The molecule has 2 aliphatic rings. The lowest BCUT2D eigenvalue weighted by atomic mass is 9.82. The van der Waals surface area contributed by atoms with E-state index in [9.17, 15) is 13.5 Å². The molecule has 2 unspecified atom stereocenters. The second-order valence-corrected chi connectivity index (χ2v) is 7.84. The zero-order valence-corrected chi connectivity index (χ0v) is 11.2. The van der Waals surface area contributed by atoms with Crippen LogP contribution in [-0.2, 0) is 14.6 Å². The molecule has 1 saturated heterocycles. The van der Waals surface area contributed by atoms with Crippen molar-refractivity contribution in [2.24, 2.45) is 5.92 Å². The highest BCUT2D eigenvalue weighted by Gasteiger charge is 2.42. The molecule has 0 bridgehead atoms. The van der Waals surface area contributed by atoms with Crippen molar-refractivity contribution in [1.29, 1.82) is 0 Å². The van der Waals surface area contributed by atoms with Gasteiger partial charge in [-0.15, -0.1) is 0 Å². The molecule has 4 nitrogen and oxygen atoms in total. The third-order valence-electron chi connectivity index (χ3n) is 4.06. The molecular weight excluding hydrogens is 240 g/mol. The molecule has 0 aromatic rings. The number of sulfone groups is 1. The lowest BCUT2D eigenvalue weighted by Crippen LogP contribution is -2.42. The number of rotatable bonds is 3. The Kier molecular flexibility index (Phi) is 3.80. The minimum absolute atomic E-state index is 0.0542. The van der Waals surface area contributed by atoms with E-state index in [1.807, 2.05) is 0 Å². The summed E-state index contributed by atoms with van der Waals surface area (Å²) in [6, 6.07) is 0. The van der Waals surface area contributed by atoms with Gasteiger partial charge in [-0.05, 0) is 31.6 Å². The quantitative estimate of drug-likeness (QED) is 0.828. The molecular formula is C12H22O4S. The van der Waals surface area contributed by atoms with E-state index in [1.165, 1.54) is 19.1 Å². The molecule has 2 rings (SSSR count). The van der Waals surface area contributed by atoms with Crippen molar-refractivity contribution < 1.29 is 18.3 Å². The van der Waals surface area contributed by atoms with Crippen molar-refractivity contribution in [3.63, 3.8) is 0 Å². The molecule has 100 valence electrons. The Balaban J connectivity index is 1.97. The Hall–Kier alpha value is -0.130. The van der Waals surface area contributed by atoms with Gasteiger partial charge in [-0.3, -0.25) is 0 Å². The highest BCUT2D eigenvalue weighted by atomic mass is 32.2. The third-order valence-corrected chi connectivity index (χ3v) is 5.01. The van der Waals surface area contributed by atoms with Crippen LogP contribution in [0.4, 0.5) is 0 Å². The number of aliphatic hydroxyl groups is 1. The predicted molar refractivity (Wildman–Crippen MR) is 65.6 cm³/mol. The van der Waals surface area contributed by atoms with Crippen LogP contribution < -0.4 is 0 Å². The lowest BCUT2D eigenvalue weighted by molar-refractivity contribution is -0.109. The first-order valence-electron chi connectivity index (χ1n) is 6.40. The van der Waals surface area contributed by atoms with Crippen molar-refractivity contribution >= 4 is 9.84 Å². The van der Waals surface area contributed by atoms with Gasteiger partial charge >= 0.3 is 0 Å². The van der Waals surface area contributed by atoms with Gasteiger partial charge in [0, 0.05) is 12.9 Å². The minimum atomic E-state index is -3.10. The molecule has 1 aliphatic carbocycles. The molecule has 1 aliphatic heterocycles. The fraction of sp³-hybridized carbons (Fsp3) is 1.00. The highest BCUT2D eigenvalue weighted by molar-refractivity contribution is 7.90. The van der Waals surface area contributed by atoms with E-state index in [4.69, 9.17) is 4.74 Å². The normalized spacial score (nSPS) is 30.6. The summed E-state index contributed by atoms with van der Waals surface area (Å²) in [4.78, 5) is 0. The summed E-state index contributed by atoms with van der Waals surface area (Å²) in [6.45, 7) is 0.658. The van der Waals surface area contributed by atoms with E-state index in [0.717, 1.165) is 25.7 Å². The van der Waals surface area contributed by atoms with Crippen LogP contribution in [0.15, 0.2) is 0 Å². The summed E-state index contributed by atoms with van der Waals surface area (Å²) in [5.74, 6) is -0.0372. The average Bonchev–Trinajstić information content (AvgIpc) is 2.64. The van der Waals surface area contributed by atoms with Crippen molar-refractivity contribution in [2.75, 3.05) is 18.6 Å². The van der Waals surface area contributed by atoms with Gasteiger partial charge in [0.25, 0.3) is 0 Å². The Morgan fingerprint density at radius 1 is 1.41 bits per heavy atom. The van der Waals surface area contributed by atoms with Crippen molar-refractivity contribution in [1.82, 2.24) is 0 Å². The SMILES string of the molecule is CS(=O)(=O)CC(O)C1CCOC2(CCCC2)C1. The van der Waals surface area contributed by atoms with Crippen LogP contribution in [0.25, 0.3) is 0 Å². The van der Waals surface area contributed by atoms with Crippen molar-refractivity contribution in [3.05, 3.63) is 0 Å². The molecule has 2 fully saturated rings. The summed E-state index contributed by atoms with van der Waals surface area (Å²) in [7, 11) is -3.10. The smallest absolute Gasteiger partial charge is 0.150 e. The maximum absolute atomic E-state index is 11.2.